The van der Waals surface area contributed by atoms with Gasteiger partial charge in [0.15, 0.2) is 5.82 Å². The average Bonchev–Trinajstić information content (AvgIpc) is 3.08. The summed E-state index contributed by atoms with van der Waals surface area (Å²) in [6, 6.07) is 18.9. The quantitative estimate of drug-likeness (QED) is 0.381. The number of hydrogen-bond donors (Lipinski definition) is 2. The van der Waals surface area contributed by atoms with E-state index in [1.54, 1.807) is 12.3 Å². The number of phenolic OH excluding ortho intramolecular Hbond substituents is 1. The van der Waals surface area contributed by atoms with Crippen LogP contribution in [0.5, 0.6) is 11.5 Å². The van der Waals surface area contributed by atoms with Crippen LogP contribution < -0.4 is 4.74 Å². The lowest BCUT2D eigenvalue weighted by Crippen LogP contribution is -1.96. The number of aromatic amines is 1. The Morgan fingerprint density at radius 1 is 1.14 bits per heavy atom. The third-order valence-corrected chi connectivity index (χ3v) is 4.59. The van der Waals surface area contributed by atoms with Gasteiger partial charge in [-0.1, -0.05) is 30.3 Å². The van der Waals surface area contributed by atoms with Crippen LogP contribution in [0.4, 0.5) is 0 Å². The molecule has 0 bridgehead atoms. The fraction of sp³-hybridized carbons (Fsp3) is 0.0952. The molecule has 7 heteroatoms. The van der Waals surface area contributed by atoms with E-state index in [1.807, 2.05) is 61.5 Å². The van der Waals surface area contributed by atoms with Gasteiger partial charge in [0, 0.05) is 11.1 Å². The van der Waals surface area contributed by atoms with Gasteiger partial charge >= 0.3 is 0 Å². The van der Waals surface area contributed by atoms with E-state index in [1.165, 1.54) is 4.68 Å². The van der Waals surface area contributed by atoms with Crippen LogP contribution in [0.15, 0.2) is 65.8 Å². The van der Waals surface area contributed by atoms with Gasteiger partial charge in [0.05, 0.1) is 12.8 Å². The maximum Gasteiger partial charge on any atom is 0.216 e. The molecule has 1 heterocycles. The van der Waals surface area contributed by atoms with E-state index in [9.17, 15) is 5.11 Å². The third kappa shape index (κ3) is 3.39. The molecule has 0 saturated carbocycles. The molecule has 140 valence electrons. The van der Waals surface area contributed by atoms with Crippen molar-refractivity contribution in [1.29, 1.82) is 0 Å². The fourth-order valence-corrected chi connectivity index (χ4v) is 3.17. The highest BCUT2D eigenvalue weighted by Crippen LogP contribution is 2.26. The Bertz CT molecular complexity index is 1210. The summed E-state index contributed by atoms with van der Waals surface area (Å²) in [4.78, 5) is 0. The van der Waals surface area contributed by atoms with Crippen molar-refractivity contribution >= 4 is 29.2 Å². The van der Waals surface area contributed by atoms with Gasteiger partial charge in [-0.2, -0.15) is 14.9 Å². The van der Waals surface area contributed by atoms with Crippen LogP contribution in [0.1, 0.15) is 12.5 Å². The predicted octanol–water partition coefficient (Wildman–Crippen LogP) is 4.75. The molecule has 3 aromatic carbocycles. The van der Waals surface area contributed by atoms with E-state index in [2.05, 4.69) is 15.3 Å². The highest BCUT2D eigenvalue weighted by molar-refractivity contribution is 7.71. The van der Waals surface area contributed by atoms with Crippen molar-refractivity contribution in [1.82, 2.24) is 14.9 Å². The lowest BCUT2D eigenvalue weighted by Gasteiger charge is -2.06. The second-order valence-corrected chi connectivity index (χ2v) is 6.47. The number of nitrogens with one attached hydrogen (secondary N) is 1. The minimum atomic E-state index is 0.153. The molecule has 6 nitrogen and oxygen atoms in total. The van der Waals surface area contributed by atoms with Crippen LogP contribution in [0.3, 0.4) is 0 Å². The standard InChI is InChI=1S/C21H18N4O2S/c1-2-27-16-10-7-15(8-11-16)20-23-24-21(28)25(20)22-13-18-17-6-4-3-5-14(17)9-12-19(18)26/h3-13,26H,2H2,1H3,(H,24,28)/b22-13+. The van der Waals surface area contributed by atoms with Crippen molar-refractivity contribution < 1.29 is 9.84 Å². The summed E-state index contributed by atoms with van der Waals surface area (Å²) in [5.41, 5.74) is 1.47. The summed E-state index contributed by atoms with van der Waals surface area (Å²) < 4.78 is 7.37. The first-order chi connectivity index (χ1) is 13.7. The van der Waals surface area contributed by atoms with Crippen molar-refractivity contribution in [3.63, 3.8) is 0 Å². The predicted molar refractivity (Wildman–Crippen MR) is 113 cm³/mol. The maximum atomic E-state index is 10.3. The molecule has 2 N–H and O–H groups in total. The minimum absolute atomic E-state index is 0.153. The molecule has 4 rings (SSSR count). The molecule has 0 aliphatic heterocycles. The summed E-state index contributed by atoms with van der Waals surface area (Å²) in [5, 5.41) is 23.8. The Morgan fingerprint density at radius 2 is 1.93 bits per heavy atom. The molecule has 0 spiro atoms. The average molecular weight is 390 g/mol. The topological polar surface area (TPSA) is 75.4 Å². The molecule has 0 aliphatic rings. The smallest absolute Gasteiger partial charge is 0.216 e. The van der Waals surface area contributed by atoms with Crippen LogP contribution in [0, 0.1) is 4.77 Å². The van der Waals surface area contributed by atoms with Crippen LogP contribution in [-0.4, -0.2) is 32.8 Å². The van der Waals surface area contributed by atoms with Gasteiger partial charge in [0.25, 0.3) is 0 Å². The Kier molecular flexibility index (Phi) is 4.90. The summed E-state index contributed by atoms with van der Waals surface area (Å²) >= 11 is 5.33. The molecule has 4 aromatic rings. The second-order valence-electron chi connectivity index (χ2n) is 6.09. The zero-order chi connectivity index (χ0) is 19.5. The SMILES string of the molecule is CCOc1ccc(-c2n[nH]c(=S)n2/N=C/c2c(O)ccc3ccccc23)cc1. The number of phenols is 1. The van der Waals surface area contributed by atoms with E-state index < -0.39 is 0 Å². The van der Waals surface area contributed by atoms with Gasteiger partial charge in [-0.25, -0.2) is 5.10 Å². The number of aromatic nitrogens is 3. The van der Waals surface area contributed by atoms with Gasteiger partial charge in [-0.05, 0) is 60.2 Å². The number of hydrogen-bond acceptors (Lipinski definition) is 5. The zero-order valence-electron chi connectivity index (χ0n) is 15.2. The molecular weight excluding hydrogens is 372 g/mol. The first-order valence-corrected chi connectivity index (χ1v) is 9.24. The Morgan fingerprint density at radius 3 is 2.71 bits per heavy atom. The van der Waals surface area contributed by atoms with Gasteiger partial charge in [0.1, 0.15) is 11.5 Å². The first-order valence-electron chi connectivity index (χ1n) is 8.83. The second kappa shape index (κ2) is 7.66. The molecular formula is C21H18N4O2S. The normalized spacial score (nSPS) is 11.3. The van der Waals surface area contributed by atoms with Crippen LogP contribution in [0.2, 0.25) is 0 Å². The van der Waals surface area contributed by atoms with Crippen molar-refractivity contribution in [3.05, 3.63) is 71.0 Å². The highest BCUT2D eigenvalue weighted by Gasteiger charge is 2.10. The molecule has 1 aromatic heterocycles. The van der Waals surface area contributed by atoms with Gasteiger partial charge in [-0.15, -0.1) is 0 Å². The number of ether oxygens (including phenoxy) is 1. The minimum Gasteiger partial charge on any atom is -0.507 e. The molecule has 0 fully saturated rings. The Hall–Kier alpha value is -3.45. The number of rotatable bonds is 5. The molecule has 0 saturated heterocycles. The summed E-state index contributed by atoms with van der Waals surface area (Å²) in [7, 11) is 0. The van der Waals surface area contributed by atoms with E-state index in [0.717, 1.165) is 22.1 Å². The molecule has 0 aliphatic carbocycles. The molecule has 0 unspecified atom stereocenters. The molecule has 0 atom stereocenters. The van der Waals surface area contributed by atoms with E-state index in [4.69, 9.17) is 17.0 Å². The van der Waals surface area contributed by atoms with E-state index >= 15 is 0 Å². The van der Waals surface area contributed by atoms with Crippen molar-refractivity contribution in [2.24, 2.45) is 5.10 Å². The van der Waals surface area contributed by atoms with Crippen molar-refractivity contribution in [3.8, 4) is 22.9 Å². The van der Waals surface area contributed by atoms with Crippen LogP contribution in [0.25, 0.3) is 22.2 Å². The van der Waals surface area contributed by atoms with E-state index in [-0.39, 0.29) is 5.75 Å². The largest absolute Gasteiger partial charge is 0.507 e. The van der Waals surface area contributed by atoms with Gasteiger partial charge in [0.2, 0.25) is 4.77 Å². The number of benzene rings is 3. The van der Waals surface area contributed by atoms with Gasteiger partial charge < -0.3 is 9.84 Å². The fourth-order valence-electron chi connectivity index (χ4n) is 2.99. The van der Waals surface area contributed by atoms with Crippen LogP contribution >= 0.6 is 12.2 Å². The number of nitrogens with zero attached hydrogens (tertiary/aromatic N) is 3. The maximum absolute atomic E-state index is 10.3. The summed E-state index contributed by atoms with van der Waals surface area (Å²) in [6.07, 6.45) is 1.60. The Balaban J connectivity index is 1.75. The number of fused-ring (bicyclic) bond motifs is 1. The monoisotopic (exact) mass is 390 g/mol. The summed E-state index contributed by atoms with van der Waals surface area (Å²) in [6.45, 7) is 2.55. The first kappa shape index (κ1) is 17.9. The lowest BCUT2D eigenvalue weighted by atomic mass is 10.0. The molecule has 0 amide bonds. The highest BCUT2D eigenvalue weighted by atomic mass is 32.1. The molecule has 0 radical (unpaired) electrons. The van der Waals surface area contributed by atoms with Crippen LogP contribution in [-0.2, 0) is 0 Å². The molecule has 28 heavy (non-hydrogen) atoms. The summed E-state index contributed by atoms with van der Waals surface area (Å²) in [5.74, 6) is 1.51. The van der Waals surface area contributed by atoms with E-state index in [0.29, 0.717) is 22.8 Å². The Labute approximate surface area is 166 Å². The van der Waals surface area contributed by atoms with Crippen molar-refractivity contribution in [2.75, 3.05) is 6.61 Å². The van der Waals surface area contributed by atoms with Crippen molar-refractivity contribution in [2.45, 2.75) is 6.92 Å². The number of aromatic hydroxyl groups is 1. The van der Waals surface area contributed by atoms with Gasteiger partial charge in [-0.3, -0.25) is 0 Å². The zero-order valence-corrected chi connectivity index (χ0v) is 16.0. The number of H-pyrrole nitrogens is 1. The third-order valence-electron chi connectivity index (χ3n) is 4.32. The lowest BCUT2D eigenvalue weighted by molar-refractivity contribution is 0.340.